The molecule has 1 aromatic heterocycles. The van der Waals surface area contributed by atoms with Crippen LogP contribution in [0.3, 0.4) is 0 Å². The van der Waals surface area contributed by atoms with Crippen molar-refractivity contribution in [2.75, 3.05) is 18.4 Å². The Balaban J connectivity index is 1.84. The Labute approximate surface area is 121 Å². The van der Waals surface area contributed by atoms with Gasteiger partial charge in [-0.15, -0.1) is 11.3 Å². The fourth-order valence-electron chi connectivity index (χ4n) is 2.51. The number of piperidine rings is 1. The Morgan fingerprint density at radius 3 is 3.05 bits per heavy atom. The van der Waals surface area contributed by atoms with Crippen LogP contribution in [0.2, 0.25) is 0 Å². The van der Waals surface area contributed by atoms with E-state index in [0.29, 0.717) is 18.1 Å². The van der Waals surface area contributed by atoms with Crippen LogP contribution in [0.25, 0.3) is 0 Å². The number of aromatic nitrogens is 1. The molecule has 1 saturated heterocycles. The van der Waals surface area contributed by atoms with Crippen LogP contribution in [-0.4, -0.2) is 46.0 Å². The Bertz CT molecular complexity index is 450. The molecular formula is C13H19N3O3S. The van der Waals surface area contributed by atoms with E-state index in [2.05, 4.69) is 15.2 Å². The summed E-state index contributed by atoms with van der Waals surface area (Å²) in [5.41, 5.74) is 0. The number of thiazole rings is 1. The molecule has 7 heteroatoms. The van der Waals surface area contributed by atoms with Gasteiger partial charge >= 0.3 is 5.97 Å². The van der Waals surface area contributed by atoms with Crippen molar-refractivity contribution in [2.45, 2.75) is 38.1 Å². The van der Waals surface area contributed by atoms with Gasteiger partial charge in [0.25, 0.3) is 0 Å². The molecular weight excluding hydrogens is 278 g/mol. The lowest BCUT2D eigenvalue weighted by Crippen LogP contribution is -2.44. The van der Waals surface area contributed by atoms with Crippen molar-refractivity contribution in [3.05, 3.63) is 11.6 Å². The highest BCUT2D eigenvalue weighted by atomic mass is 32.1. The quantitative estimate of drug-likeness (QED) is 0.836. The minimum absolute atomic E-state index is 0.0813. The molecule has 0 saturated carbocycles. The minimum Gasteiger partial charge on any atom is -0.481 e. The standard InChI is InChI=1S/C13H19N3O3S/c17-11(15-13-14-6-8-20-13)9-16-7-2-1-3-10(16)4-5-12(18)19/h6,8,10H,1-5,7,9H2,(H,18,19)(H,14,15,17). The van der Waals surface area contributed by atoms with Gasteiger partial charge in [0, 0.05) is 24.0 Å². The number of hydrogen-bond acceptors (Lipinski definition) is 5. The highest BCUT2D eigenvalue weighted by Gasteiger charge is 2.24. The van der Waals surface area contributed by atoms with Crippen molar-refractivity contribution in [3.63, 3.8) is 0 Å². The zero-order chi connectivity index (χ0) is 14.4. The van der Waals surface area contributed by atoms with E-state index in [0.717, 1.165) is 25.8 Å². The van der Waals surface area contributed by atoms with Gasteiger partial charge < -0.3 is 10.4 Å². The number of carbonyl (C=O) groups is 2. The number of rotatable bonds is 6. The van der Waals surface area contributed by atoms with Crippen molar-refractivity contribution in [2.24, 2.45) is 0 Å². The number of hydrogen-bond donors (Lipinski definition) is 2. The smallest absolute Gasteiger partial charge is 0.303 e. The van der Waals surface area contributed by atoms with Gasteiger partial charge in [-0.2, -0.15) is 0 Å². The van der Waals surface area contributed by atoms with Crippen LogP contribution >= 0.6 is 11.3 Å². The number of carbonyl (C=O) groups excluding carboxylic acids is 1. The predicted molar refractivity (Wildman–Crippen MR) is 76.8 cm³/mol. The van der Waals surface area contributed by atoms with Crippen molar-refractivity contribution in [1.82, 2.24) is 9.88 Å². The third kappa shape index (κ3) is 4.57. The van der Waals surface area contributed by atoms with Crippen molar-refractivity contribution >= 4 is 28.3 Å². The molecule has 1 amide bonds. The van der Waals surface area contributed by atoms with E-state index in [1.54, 1.807) is 6.20 Å². The lowest BCUT2D eigenvalue weighted by molar-refractivity contribution is -0.137. The number of nitrogens with zero attached hydrogens (tertiary/aromatic N) is 2. The molecule has 1 aromatic rings. The molecule has 1 unspecified atom stereocenters. The molecule has 1 fully saturated rings. The lowest BCUT2D eigenvalue weighted by atomic mass is 9.98. The predicted octanol–water partition coefficient (Wildman–Crippen LogP) is 1.80. The molecule has 1 aliphatic rings. The van der Waals surface area contributed by atoms with E-state index >= 15 is 0 Å². The van der Waals surface area contributed by atoms with E-state index in [1.807, 2.05) is 5.38 Å². The summed E-state index contributed by atoms with van der Waals surface area (Å²) in [6.07, 6.45) is 5.56. The van der Waals surface area contributed by atoms with Crippen LogP contribution in [0.4, 0.5) is 5.13 Å². The Hall–Kier alpha value is -1.47. The van der Waals surface area contributed by atoms with Gasteiger partial charge in [0.1, 0.15) is 0 Å². The summed E-state index contributed by atoms with van der Waals surface area (Å²) in [7, 11) is 0. The van der Waals surface area contributed by atoms with E-state index < -0.39 is 5.97 Å². The summed E-state index contributed by atoms with van der Waals surface area (Å²) < 4.78 is 0. The normalized spacial score (nSPS) is 19.7. The number of aliphatic carboxylic acids is 1. The van der Waals surface area contributed by atoms with Gasteiger partial charge in [-0.05, 0) is 25.8 Å². The first-order valence-electron chi connectivity index (χ1n) is 6.80. The van der Waals surface area contributed by atoms with Crippen molar-refractivity contribution < 1.29 is 14.7 Å². The van der Waals surface area contributed by atoms with E-state index in [1.165, 1.54) is 11.3 Å². The van der Waals surface area contributed by atoms with E-state index in [-0.39, 0.29) is 18.4 Å². The topological polar surface area (TPSA) is 82.5 Å². The van der Waals surface area contributed by atoms with Crippen LogP contribution in [0.15, 0.2) is 11.6 Å². The second-order valence-corrected chi connectivity index (χ2v) is 5.83. The van der Waals surface area contributed by atoms with Gasteiger partial charge in [0.05, 0.1) is 6.54 Å². The summed E-state index contributed by atoms with van der Waals surface area (Å²) in [5, 5.41) is 14.0. The van der Waals surface area contributed by atoms with Gasteiger partial charge in [-0.25, -0.2) is 4.98 Å². The SMILES string of the molecule is O=C(O)CCC1CCCCN1CC(=O)Nc1nccs1. The molecule has 20 heavy (non-hydrogen) atoms. The molecule has 2 N–H and O–H groups in total. The maximum Gasteiger partial charge on any atom is 0.303 e. The van der Waals surface area contributed by atoms with Gasteiger partial charge in [-0.1, -0.05) is 6.42 Å². The average Bonchev–Trinajstić information content (AvgIpc) is 2.90. The molecule has 110 valence electrons. The summed E-state index contributed by atoms with van der Waals surface area (Å²) in [5.74, 6) is -0.857. The molecule has 0 radical (unpaired) electrons. The average molecular weight is 297 g/mol. The van der Waals surface area contributed by atoms with Crippen LogP contribution in [-0.2, 0) is 9.59 Å². The molecule has 1 aliphatic heterocycles. The first-order chi connectivity index (χ1) is 9.65. The Morgan fingerprint density at radius 2 is 2.35 bits per heavy atom. The fraction of sp³-hybridized carbons (Fsp3) is 0.615. The first kappa shape index (κ1) is 14.9. The van der Waals surface area contributed by atoms with Crippen molar-refractivity contribution in [1.29, 1.82) is 0 Å². The van der Waals surface area contributed by atoms with Crippen molar-refractivity contribution in [3.8, 4) is 0 Å². The summed E-state index contributed by atoms with van der Waals surface area (Å²) in [6, 6.07) is 0.196. The number of likely N-dealkylation sites (tertiary alicyclic amines) is 1. The molecule has 0 spiro atoms. The number of nitrogens with one attached hydrogen (secondary N) is 1. The van der Waals surface area contributed by atoms with Gasteiger partial charge in [0.15, 0.2) is 5.13 Å². The highest BCUT2D eigenvalue weighted by Crippen LogP contribution is 2.21. The molecule has 0 bridgehead atoms. The summed E-state index contributed by atoms with van der Waals surface area (Å²) >= 11 is 1.39. The maximum atomic E-state index is 12.0. The molecule has 0 aliphatic carbocycles. The highest BCUT2D eigenvalue weighted by molar-refractivity contribution is 7.13. The third-order valence-electron chi connectivity index (χ3n) is 3.47. The van der Waals surface area contributed by atoms with Crippen LogP contribution in [0.1, 0.15) is 32.1 Å². The Morgan fingerprint density at radius 1 is 1.50 bits per heavy atom. The number of carboxylic acid groups (broad SMARTS) is 1. The molecule has 2 rings (SSSR count). The molecule has 0 aromatic carbocycles. The number of amides is 1. The van der Waals surface area contributed by atoms with Crippen LogP contribution in [0.5, 0.6) is 0 Å². The second kappa shape index (κ2) is 7.35. The number of carboxylic acids is 1. The van der Waals surface area contributed by atoms with E-state index in [4.69, 9.17) is 5.11 Å². The monoisotopic (exact) mass is 297 g/mol. The van der Waals surface area contributed by atoms with Gasteiger partial charge in [0.2, 0.25) is 5.91 Å². The Kier molecular flexibility index (Phi) is 5.49. The fourth-order valence-corrected chi connectivity index (χ4v) is 3.06. The largest absolute Gasteiger partial charge is 0.481 e. The summed E-state index contributed by atoms with van der Waals surface area (Å²) in [6.45, 7) is 1.17. The molecule has 2 heterocycles. The second-order valence-electron chi connectivity index (χ2n) is 4.94. The summed E-state index contributed by atoms with van der Waals surface area (Å²) in [4.78, 5) is 28.7. The first-order valence-corrected chi connectivity index (χ1v) is 7.68. The number of anilines is 1. The molecule has 1 atom stereocenters. The van der Waals surface area contributed by atoms with Gasteiger partial charge in [-0.3, -0.25) is 14.5 Å². The van der Waals surface area contributed by atoms with Crippen LogP contribution in [0, 0.1) is 0 Å². The van der Waals surface area contributed by atoms with Crippen LogP contribution < -0.4 is 5.32 Å². The lowest BCUT2D eigenvalue weighted by Gasteiger charge is -2.34. The maximum absolute atomic E-state index is 12.0. The zero-order valence-electron chi connectivity index (χ0n) is 11.2. The van der Waals surface area contributed by atoms with E-state index in [9.17, 15) is 9.59 Å². The third-order valence-corrected chi connectivity index (χ3v) is 4.15. The minimum atomic E-state index is -0.775. The molecule has 6 nitrogen and oxygen atoms in total. The zero-order valence-corrected chi connectivity index (χ0v) is 12.1.